The Kier molecular flexibility index (Phi) is 16.0. The number of rotatable bonds is 22. The molecule has 1 atom stereocenters. The van der Waals surface area contributed by atoms with Gasteiger partial charge in [0.25, 0.3) is 0 Å². The number of carbonyl (C=O) groups excluding carboxylic acids is 2. The lowest BCUT2D eigenvalue weighted by Crippen LogP contribution is -2.71. The highest BCUT2D eigenvalue weighted by molar-refractivity contribution is 6.22. The molecule has 0 bridgehead atoms. The number of Topliss-reactive ketones (excluding diaryl/α,β-unsaturated/α-hetero) is 2. The summed E-state index contributed by atoms with van der Waals surface area (Å²) in [6.45, 7) is 6.16. The molecule has 3 heterocycles. The number of nitrogens with zero attached hydrogens (tertiary/aromatic N) is 3. The summed E-state index contributed by atoms with van der Waals surface area (Å²) in [4.78, 5) is 39.5. The molecule has 1 aliphatic heterocycles. The molecule has 6 nitrogen and oxygen atoms in total. The molecular formula is C36H56N4O2. The summed E-state index contributed by atoms with van der Waals surface area (Å²) in [5.74, 6) is -0.457. The van der Waals surface area contributed by atoms with Gasteiger partial charge in [-0.15, -0.1) is 0 Å². The number of pyridine rings is 2. The van der Waals surface area contributed by atoms with Crippen LogP contribution in [0.15, 0.2) is 48.8 Å². The lowest BCUT2D eigenvalue weighted by Gasteiger charge is -2.48. The minimum atomic E-state index is -1.35. The summed E-state index contributed by atoms with van der Waals surface area (Å²) in [6.07, 6.45) is 25.0. The molecule has 1 fully saturated rings. The third-order valence-corrected chi connectivity index (χ3v) is 8.90. The fraction of sp³-hybridized carbons (Fsp3) is 0.667. The van der Waals surface area contributed by atoms with Gasteiger partial charge in [-0.3, -0.25) is 24.5 Å². The van der Waals surface area contributed by atoms with Crippen molar-refractivity contribution in [3.8, 4) is 0 Å². The Hall–Kier alpha value is -2.44. The number of nitrogens with one attached hydrogen (secondary N) is 1. The number of unbranched alkanes of at least 4 members (excludes halogenated alkanes) is 13. The van der Waals surface area contributed by atoms with E-state index in [4.69, 9.17) is 0 Å². The van der Waals surface area contributed by atoms with E-state index >= 15 is 0 Å². The van der Waals surface area contributed by atoms with Crippen LogP contribution in [0.4, 0.5) is 0 Å². The van der Waals surface area contributed by atoms with E-state index in [9.17, 15) is 9.59 Å². The first kappa shape index (κ1) is 34.1. The van der Waals surface area contributed by atoms with Crippen molar-refractivity contribution in [1.29, 1.82) is 0 Å². The molecule has 1 saturated heterocycles. The van der Waals surface area contributed by atoms with Gasteiger partial charge in [-0.1, -0.05) is 122 Å². The zero-order chi connectivity index (χ0) is 29.9. The molecule has 1 N–H and O–H groups in total. The van der Waals surface area contributed by atoms with Gasteiger partial charge in [0.2, 0.25) is 11.6 Å². The molecule has 1 unspecified atom stereocenters. The molecular weight excluding hydrogens is 520 g/mol. The van der Waals surface area contributed by atoms with Crippen LogP contribution in [-0.4, -0.2) is 57.6 Å². The molecule has 0 aliphatic carbocycles. The molecule has 0 radical (unpaired) electrons. The number of ketones is 2. The van der Waals surface area contributed by atoms with Gasteiger partial charge in [0.05, 0.1) is 0 Å². The maximum Gasteiger partial charge on any atom is 0.210 e. The maximum atomic E-state index is 14.3. The van der Waals surface area contributed by atoms with Crippen LogP contribution in [0.2, 0.25) is 0 Å². The average molecular weight is 577 g/mol. The van der Waals surface area contributed by atoms with Gasteiger partial charge in [-0.2, -0.15) is 0 Å². The van der Waals surface area contributed by atoms with Gasteiger partial charge < -0.3 is 5.32 Å². The van der Waals surface area contributed by atoms with Crippen LogP contribution in [0.3, 0.4) is 0 Å². The van der Waals surface area contributed by atoms with Crippen LogP contribution < -0.4 is 5.32 Å². The van der Waals surface area contributed by atoms with Crippen molar-refractivity contribution in [1.82, 2.24) is 20.2 Å². The second kappa shape index (κ2) is 19.7. The normalized spacial score (nSPS) is 15.9. The summed E-state index contributed by atoms with van der Waals surface area (Å²) in [6, 6.07) is 10.9. The van der Waals surface area contributed by atoms with E-state index < -0.39 is 5.54 Å². The Labute approximate surface area is 255 Å². The lowest BCUT2D eigenvalue weighted by molar-refractivity contribution is 0.0166. The van der Waals surface area contributed by atoms with Gasteiger partial charge in [0.15, 0.2) is 5.54 Å². The Bertz CT molecular complexity index is 962. The van der Waals surface area contributed by atoms with Crippen molar-refractivity contribution in [3.63, 3.8) is 0 Å². The average Bonchev–Trinajstić information content (AvgIpc) is 3.04. The standard InChI is InChI=1S/C36H56N4O2/c1-3-5-6-7-8-9-10-11-12-13-14-15-16-17-23-31(22-4-2)40-29-28-37-30-36(40,34(41)32-24-18-20-26-38-32)35(42)33-25-19-21-27-39-33/h18-21,24-27,31,37H,3-17,22-23,28-30H2,1-2H3. The van der Waals surface area contributed by atoms with Crippen molar-refractivity contribution in [2.24, 2.45) is 0 Å². The number of carbonyl (C=O) groups is 2. The number of aromatic nitrogens is 2. The highest BCUT2D eigenvalue weighted by atomic mass is 16.2. The molecule has 0 amide bonds. The van der Waals surface area contributed by atoms with Gasteiger partial charge in [-0.25, -0.2) is 0 Å². The first-order valence-electron chi connectivity index (χ1n) is 17.0. The molecule has 6 heteroatoms. The van der Waals surface area contributed by atoms with E-state index in [1.165, 1.54) is 83.5 Å². The van der Waals surface area contributed by atoms with Crippen LogP contribution in [0, 0.1) is 0 Å². The summed E-state index contributed by atoms with van der Waals surface area (Å²) < 4.78 is 0. The summed E-state index contributed by atoms with van der Waals surface area (Å²) in [7, 11) is 0. The molecule has 2 aromatic rings. The van der Waals surface area contributed by atoms with Crippen molar-refractivity contribution in [2.75, 3.05) is 19.6 Å². The number of hydrogen-bond acceptors (Lipinski definition) is 6. The molecule has 0 saturated carbocycles. The SMILES string of the molecule is CCCCCCCCCCCCCCCCC(CCC)N1CCNCC1(C(=O)c1ccccn1)C(=O)c1ccccn1. The third kappa shape index (κ3) is 10.1. The maximum absolute atomic E-state index is 14.3. The van der Waals surface area contributed by atoms with Crippen LogP contribution in [0.1, 0.15) is 144 Å². The Morgan fingerprint density at radius 1 is 0.714 bits per heavy atom. The van der Waals surface area contributed by atoms with E-state index in [-0.39, 0.29) is 24.2 Å². The van der Waals surface area contributed by atoms with E-state index in [1.54, 1.807) is 36.7 Å². The van der Waals surface area contributed by atoms with Gasteiger partial charge in [0.1, 0.15) is 11.4 Å². The number of hydrogen-bond donors (Lipinski definition) is 1. The lowest BCUT2D eigenvalue weighted by atomic mass is 9.79. The van der Waals surface area contributed by atoms with Crippen molar-refractivity contribution >= 4 is 11.6 Å². The minimum absolute atomic E-state index is 0.162. The fourth-order valence-corrected chi connectivity index (χ4v) is 6.56. The summed E-state index contributed by atoms with van der Waals surface area (Å²) in [5, 5.41) is 3.38. The van der Waals surface area contributed by atoms with Gasteiger partial charge >= 0.3 is 0 Å². The molecule has 2 aromatic heterocycles. The summed E-state index contributed by atoms with van der Waals surface area (Å²) in [5.41, 5.74) is -0.680. The quantitative estimate of drug-likeness (QED) is 0.0864. The summed E-state index contributed by atoms with van der Waals surface area (Å²) >= 11 is 0. The molecule has 3 rings (SSSR count). The molecule has 232 valence electrons. The third-order valence-electron chi connectivity index (χ3n) is 8.90. The Morgan fingerprint density at radius 3 is 1.67 bits per heavy atom. The van der Waals surface area contributed by atoms with Crippen LogP contribution in [0.5, 0.6) is 0 Å². The van der Waals surface area contributed by atoms with Crippen LogP contribution in [-0.2, 0) is 0 Å². The first-order chi connectivity index (χ1) is 20.6. The van der Waals surface area contributed by atoms with Crippen molar-refractivity contribution < 1.29 is 9.59 Å². The zero-order valence-electron chi connectivity index (χ0n) is 26.5. The fourth-order valence-electron chi connectivity index (χ4n) is 6.56. The number of piperazine rings is 1. The molecule has 0 aromatic carbocycles. The predicted octanol–water partition coefficient (Wildman–Crippen LogP) is 8.23. The van der Waals surface area contributed by atoms with Gasteiger partial charge in [-0.05, 0) is 37.1 Å². The molecule has 1 aliphatic rings. The van der Waals surface area contributed by atoms with Crippen molar-refractivity contribution in [2.45, 2.75) is 135 Å². The van der Waals surface area contributed by atoms with Crippen LogP contribution >= 0.6 is 0 Å². The largest absolute Gasteiger partial charge is 0.313 e. The topological polar surface area (TPSA) is 75.2 Å². The zero-order valence-corrected chi connectivity index (χ0v) is 26.5. The minimum Gasteiger partial charge on any atom is -0.313 e. The highest BCUT2D eigenvalue weighted by Crippen LogP contribution is 2.32. The Morgan fingerprint density at radius 2 is 1.21 bits per heavy atom. The second-order valence-electron chi connectivity index (χ2n) is 12.1. The van der Waals surface area contributed by atoms with Gasteiger partial charge in [0, 0.05) is 38.1 Å². The smallest absolute Gasteiger partial charge is 0.210 e. The van der Waals surface area contributed by atoms with Crippen molar-refractivity contribution in [3.05, 3.63) is 60.2 Å². The second-order valence-corrected chi connectivity index (χ2v) is 12.1. The predicted molar refractivity (Wildman–Crippen MR) is 173 cm³/mol. The van der Waals surface area contributed by atoms with E-state index in [2.05, 4.69) is 34.0 Å². The van der Waals surface area contributed by atoms with E-state index in [1.807, 2.05) is 12.1 Å². The molecule has 42 heavy (non-hydrogen) atoms. The first-order valence-corrected chi connectivity index (χ1v) is 17.0. The van der Waals surface area contributed by atoms with Crippen LogP contribution in [0.25, 0.3) is 0 Å². The van der Waals surface area contributed by atoms with E-state index in [0.29, 0.717) is 17.9 Å². The molecule has 0 spiro atoms. The highest BCUT2D eigenvalue weighted by Gasteiger charge is 2.54. The Balaban J connectivity index is 1.57. The van der Waals surface area contributed by atoms with E-state index in [0.717, 1.165) is 32.2 Å². The monoisotopic (exact) mass is 576 g/mol.